The quantitative estimate of drug-likeness (QED) is 0.892. The average Bonchev–Trinajstić information content (AvgIpc) is 3.00. The van der Waals surface area contributed by atoms with E-state index in [2.05, 4.69) is 10.3 Å². The van der Waals surface area contributed by atoms with E-state index < -0.39 is 0 Å². The van der Waals surface area contributed by atoms with E-state index in [0.29, 0.717) is 11.6 Å². The summed E-state index contributed by atoms with van der Waals surface area (Å²) in [6.07, 6.45) is 4.90. The van der Waals surface area contributed by atoms with Crippen molar-refractivity contribution in [3.63, 3.8) is 0 Å². The highest BCUT2D eigenvalue weighted by Gasteiger charge is 2.15. The molecule has 0 fully saturated rings. The van der Waals surface area contributed by atoms with Gasteiger partial charge in [-0.25, -0.2) is 4.98 Å². The number of imidazole rings is 1. The first-order chi connectivity index (χ1) is 10.1. The maximum atomic E-state index is 12.0. The van der Waals surface area contributed by atoms with Gasteiger partial charge in [0.1, 0.15) is 17.9 Å². The Hall–Kier alpha value is -2.01. The molecule has 0 saturated heterocycles. The number of benzene rings is 1. The fourth-order valence-electron chi connectivity index (χ4n) is 1.81. The topological polar surface area (TPSA) is 56.2 Å². The Morgan fingerprint density at radius 1 is 1.38 bits per heavy atom. The number of aromatic nitrogens is 2. The van der Waals surface area contributed by atoms with E-state index in [-0.39, 0.29) is 18.1 Å². The van der Waals surface area contributed by atoms with Crippen LogP contribution >= 0.6 is 11.6 Å². The van der Waals surface area contributed by atoms with Crippen LogP contribution in [-0.4, -0.2) is 28.1 Å². The number of hydrogen-bond acceptors (Lipinski definition) is 3. The zero-order valence-corrected chi connectivity index (χ0v) is 12.7. The van der Waals surface area contributed by atoms with Gasteiger partial charge in [-0.1, -0.05) is 11.6 Å². The number of ether oxygens (including phenoxy) is 1. The summed E-state index contributed by atoms with van der Waals surface area (Å²) in [6.45, 7) is 4.15. The highest BCUT2D eigenvalue weighted by Crippen LogP contribution is 2.16. The van der Waals surface area contributed by atoms with E-state index in [1.165, 1.54) is 0 Å². The summed E-state index contributed by atoms with van der Waals surface area (Å²) in [6, 6.07) is 6.84. The largest absolute Gasteiger partial charge is 0.489 e. The van der Waals surface area contributed by atoms with Crippen molar-refractivity contribution in [2.45, 2.75) is 26.0 Å². The lowest BCUT2D eigenvalue weighted by atomic mass is 10.3. The van der Waals surface area contributed by atoms with Gasteiger partial charge in [-0.2, -0.15) is 0 Å². The predicted octanol–water partition coefficient (Wildman–Crippen LogP) is 2.68. The van der Waals surface area contributed by atoms with Gasteiger partial charge in [0, 0.05) is 17.4 Å². The van der Waals surface area contributed by atoms with Crippen molar-refractivity contribution in [2.24, 2.45) is 0 Å². The zero-order chi connectivity index (χ0) is 15.2. The van der Waals surface area contributed by atoms with Crippen LogP contribution in [0.5, 0.6) is 5.75 Å². The van der Waals surface area contributed by atoms with Crippen molar-refractivity contribution < 1.29 is 9.53 Å². The molecule has 1 aromatic carbocycles. The first-order valence-electron chi connectivity index (χ1n) is 6.73. The highest BCUT2D eigenvalue weighted by molar-refractivity contribution is 6.30. The maximum Gasteiger partial charge on any atom is 0.242 e. The smallest absolute Gasteiger partial charge is 0.242 e. The van der Waals surface area contributed by atoms with Crippen LogP contribution in [0.3, 0.4) is 0 Å². The maximum absolute atomic E-state index is 12.0. The molecule has 2 aromatic rings. The number of carbonyl (C=O) groups excluding carboxylic acids is 1. The van der Waals surface area contributed by atoms with E-state index in [9.17, 15) is 4.79 Å². The first-order valence-corrected chi connectivity index (χ1v) is 7.11. The Morgan fingerprint density at radius 2 is 2.10 bits per heavy atom. The normalized spacial score (nSPS) is 13.5. The van der Waals surface area contributed by atoms with Crippen molar-refractivity contribution in [3.05, 3.63) is 48.0 Å². The van der Waals surface area contributed by atoms with Gasteiger partial charge >= 0.3 is 0 Å². The lowest BCUT2D eigenvalue weighted by Crippen LogP contribution is -2.37. The van der Waals surface area contributed by atoms with Gasteiger partial charge in [0.2, 0.25) is 5.91 Å². The number of hydrogen-bond donors (Lipinski definition) is 1. The molecule has 0 saturated carbocycles. The second kappa shape index (κ2) is 7.13. The van der Waals surface area contributed by atoms with Gasteiger partial charge in [-0.05, 0) is 38.1 Å². The van der Waals surface area contributed by atoms with Gasteiger partial charge < -0.3 is 14.6 Å². The van der Waals surface area contributed by atoms with Crippen LogP contribution in [-0.2, 0) is 4.79 Å². The Kier molecular flexibility index (Phi) is 5.22. The molecule has 2 rings (SSSR count). The van der Waals surface area contributed by atoms with Crippen molar-refractivity contribution in [1.29, 1.82) is 0 Å². The van der Waals surface area contributed by atoms with Crippen molar-refractivity contribution >= 4 is 17.5 Å². The molecule has 0 spiro atoms. The third-order valence-electron chi connectivity index (χ3n) is 3.07. The minimum Gasteiger partial charge on any atom is -0.489 e. The average molecular weight is 308 g/mol. The van der Waals surface area contributed by atoms with Gasteiger partial charge in [-0.15, -0.1) is 0 Å². The summed E-state index contributed by atoms with van der Waals surface area (Å²) in [5, 5.41) is 3.53. The Labute approximate surface area is 128 Å². The fourth-order valence-corrected chi connectivity index (χ4v) is 1.94. The summed E-state index contributed by atoms with van der Waals surface area (Å²) < 4.78 is 7.45. The number of rotatable bonds is 6. The molecule has 112 valence electrons. The summed E-state index contributed by atoms with van der Waals surface area (Å²) >= 11 is 5.81. The Morgan fingerprint density at radius 3 is 2.71 bits per heavy atom. The third kappa shape index (κ3) is 4.49. The van der Waals surface area contributed by atoms with Crippen LogP contribution in [0.2, 0.25) is 5.02 Å². The Bertz CT molecular complexity index is 569. The molecular weight excluding hydrogens is 290 g/mol. The molecule has 0 aliphatic carbocycles. The lowest BCUT2D eigenvalue weighted by Gasteiger charge is -2.18. The predicted molar refractivity (Wildman–Crippen MR) is 81.5 cm³/mol. The lowest BCUT2D eigenvalue weighted by molar-refractivity contribution is -0.124. The molecule has 1 N–H and O–H groups in total. The van der Waals surface area contributed by atoms with Crippen LogP contribution in [0.15, 0.2) is 43.0 Å². The summed E-state index contributed by atoms with van der Waals surface area (Å²) in [5.41, 5.74) is 0. The number of nitrogens with zero attached hydrogens (tertiary/aromatic N) is 2. The SMILES string of the molecule is CC(CNC(=O)C(C)n1ccnc1)Oc1ccc(Cl)cc1. The summed E-state index contributed by atoms with van der Waals surface area (Å²) in [5.74, 6) is 0.656. The second-order valence-corrected chi connectivity index (χ2v) is 5.25. The van der Waals surface area contributed by atoms with Gasteiger partial charge in [0.15, 0.2) is 0 Å². The van der Waals surface area contributed by atoms with Crippen molar-refractivity contribution in [2.75, 3.05) is 6.54 Å². The minimum atomic E-state index is -0.296. The molecule has 0 aliphatic rings. The molecule has 5 nitrogen and oxygen atoms in total. The van der Waals surface area contributed by atoms with Crippen LogP contribution in [0.1, 0.15) is 19.9 Å². The molecule has 2 unspecified atom stereocenters. The third-order valence-corrected chi connectivity index (χ3v) is 3.32. The second-order valence-electron chi connectivity index (χ2n) is 4.81. The van der Waals surface area contributed by atoms with E-state index >= 15 is 0 Å². The van der Waals surface area contributed by atoms with E-state index in [4.69, 9.17) is 16.3 Å². The van der Waals surface area contributed by atoms with Crippen molar-refractivity contribution in [1.82, 2.24) is 14.9 Å². The summed E-state index contributed by atoms with van der Waals surface area (Å²) in [7, 11) is 0. The molecular formula is C15H18ClN3O2. The molecule has 1 aromatic heterocycles. The number of halogens is 1. The van der Waals surface area contributed by atoms with Gasteiger partial charge in [0.25, 0.3) is 0 Å². The van der Waals surface area contributed by atoms with E-state index in [0.717, 1.165) is 5.75 Å². The fraction of sp³-hybridized carbons (Fsp3) is 0.333. The monoisotopic (exact) mass is 307 g/mol. The van der Waals surface area contributed by atoms with Crippen LogP contribution < -0.4 is 10.1 Å². The molecule has 21 heavy (non-hydrogen) atoms. The first kappa shape index (κ1) is 15.4. The molecule has 0 radical (unpaired) electrons. The minimum absolute atomic E-state index is 0.0699. The summed E-state index contributed by atoms with van der Waals surface area (Å²) in [4.78, 5) is 15.9. The standard InChI is InChI=1S/C15H18ClN3O2/c1-11(21-14-5-3-13(16)4-6-14)9-18-15(20)12(2)19-8-7-17-10-19/h3-8,10-12H,9H2,1-2H3,(H,18,20). The molecule has 0 bridgehead atoms. The van der Waals surface area contributed by atoms with Crippen molar-refractivity contribution in [3.8, 4) is 5.75 Å². The molecule has 6 heteroatoms. The van der Waals surface area contributed by atoms with Crippen LogP contribution in [0, 0.1) is 0 Å². The Balaban J connectivity index is 1.79. The molecule has 0 aliphatic heterocycles. The van der Waals surface area contributed by atoms with E-state index in [1.807, 2.05) is 13.8 Å². The van der Waals surface area contributed by atoms with E-state index in [1.54, 1.807) is 47.6 Å². The van der Waals surface area contributed by atoms with Crippen LogP contribution in [0.4, 0.5) is 0 Å². The van der Waals surface area contributed by atoms with Gasteiger partial charge in [-0.3, -0.25) is 4.79 Å². The van der Waals surface area contributed by atoms with Crippen LogP contribution in [0.25, 0.3) is 0 Å². The number of carbonyl (C=O) groups is 1. The zero-order valence-electron chi connectivity index (χ0n) is 12.0. The number of nitrogens with one attached hydrogen (secondary N) is 1. The highest BCUT2D eigenvalue weighted by atomic mass is 35.5. The molecule has 1 heterocycles. The van der Waals surface area contributed by atoms with Gasteiger partial charge in [0.05, 0.1) is 12.9 Å². The molecule has 2 atom stereocenters. The molecule has 1 amide bonds. The number of amides is 1.